The molecule has 1 saturated carbocycles. The monoisotopic (exact) mass is 450 g/mol. The fourth-order valence-electron chi connectivity index (χ4n) is 4.47. The fourth-order valence-corrected chi connectivity index (χ4v) is 4.47. The molecule has 176 valence electrons. The van der Waals surface area contributed by atoms with Crippen molar-refractivity contribution in [2.45, 2.75) is 78.2 Å². The summed E-state index contributed by atoms with van der Waals surface area (Å²) in [6, 6.07) is 7.46. The van der Waals surface area contributed by atoms with Crippen LogP contribution in [0.3, 0.4) is 0 Å². The molecule has 0 spiro atoms. The molecule has 3 rings (SSSR count). The number of imide groups is 1. The maximum absolute atomic E-state index is 13.4. The molecule has 1 aromatic carbocycles. The summed E-state index contributed by atoms with van der Waals surface area (Å²) in [6.07, 6.45) is 9.64. The van der Waals surface area contributed by atoms with Crippen LogP contribution in [0.1, 0.15) is 77.7 Å². The Morgan fingerprint density at radius 2 is 1.82 bits per heavy atom. The number of hydrogen-bond donors (Lipinski definition) is 0. The van der Waals surface area contributed by atoms with Crippen molar-refractivity contribution < 1.29 is 19.1 Å². The van der Waals surface area contributed by atoms with Gasteiger partial charge in [-0.15, -0.1) is 0 Å². The third-order valence-electron chi connectivity index (χ3n) is 6.30. The summed E-state index contributed by atoms with van der Waals surface area (Å²) in [5, 5.41) is 9.66. The second-order valence-corrected chi connectivity index (χ2v) is 8.64. The number of amides is 2. The first-order valence-electron chi connectivity index (χ1n) is 12.1. The van der Waals surface area contributed by atoms with E-state index in [1.807, 2.05) is 31.2 Å². The van der Waals surface area contributed by atoms with E-state index in [2.05, 4.69) is 6.92 Å². The molecule has 33 heavy (non-hydrogen) atoms. The van der Waals surface area contributed by atoms with Crippen molar-refractivity contribution in [2.24, 2.45) is 0 Å². The normalized spacial score (nSPS) is 18.6. The van der Waals surface area contributed by atoms with E-state index >= 15 is 0 Å². The Morgan fingerprint density at radius 3 is 2.48 bits per heavy atom. The van der Waals surface area contributed by atoms with Crippen LogP contribution in [0.5, 0.6) is 11.5 Å². The highest BCUT2D eigenvalue weighted by molar-refractivity contribution is 6.19. The van der Waals surface area contributed by atoms with Crippen LogP contribution in [-0.2, 0) is 9.59 Å². The van der Waals surface area contributed by atoms with Crippen molar-refractivity contribution in [3.63, 3.8) is 0 Å². The predicted octanol–water partition coefficient (Wildman–Crippen LogP) is 5.58. The summed E-state index contributed by atoms with van der Waals surface area (Å²) in [7, 11) is 0. The van der Waals surface area contributed by atoms with E-state index in [1.165, 1.54) is 4.90 Å². The average Bonchev–Trinajstić information content (AvgIpc) is 2.82. The molecule has 0 saturated heterocycles. The lowest BCUT2D eigenvalue weighted by Crippen LogP contribution is -2.49. The van der Waals surface area contributed by atoms with Gasteiger partial charge in [-0.05, 0) is 62.5 Å². The van der Waals surface area contributed by atoms with Gasteiger partial charge in [0.2, 0.25) is 0 Å². The molecule has 6 heteroatoms. The van der Waals surface area contributed by atoms with E-state index in [0.29, 0.717) is 35.9 Å². The van der Waals surface area contributed by atoms with Crippen LogP contribution in [0.15, 0.2) is 34.9 Å². The minimum absolute atomic E-state index is 0.0485. The molecule has 1 heterocycles. The van der Waals surface area contributed by atoms with E-state index < -0.39 is 5.91 Å². The van der Waals surface area contributed by atoms with Crippen LogP contribution < -0.4 is 9.47 Å². The van der Waals surface area contributed by atoms with Gasteiger partial charge < -0.3 is 9.47 Å². The molecule has 0 radical (unpaired) electrons. The number of nitrogens with zero attached hydrogens (tertiary/aromatic N) is 2. The Labute approximate surface area is 196 Å². The molecule has 0 atom stereocenters. The van der Waals surface area contributed by atoms with Gasteiger partial charge in [0, 0.05) is 11.6 Å². The topological polar surface area (TPSA) is 79.6 Å². The van der Waals surface area contributed by atoms with E-state index in [4.69, 9.17) is 9.47 Å². The molecule has 1 aromatic rings. The molecule has 1 fully saturated rings. The zero-order chi connectivity index (χ0) is 23.8. The highest BCUT2D eigenvalue weighted by Crippen LogP contribution is 2.34. The summed E-state index contributed by atoms with van der Waals surface area (Å²) in [6.45, 7) is 6.85. The summed E-state index contributed by atoms with van der Waals surface area (Å²) in [4.78, 5) is 27.7. The molecule has 0 bridgehead atoms. The van der Waals surface area contributed by atoms with Crippen molar-refractivity contribution in [3.05, 3.63) is 40.5 Å². The Balaban J connectivity index is 1.94. The molecule has 0 unspecified atom stereocenters. The number of ether oxygens (including phenoxy) is 2. The molecular weight excluding hydrogens is 416 g/mol. The predicted molar refractivity (Wildman–Crippen MR) is 128 cm³/mol. The number of unbranched alkanes of at least 4 members (excludes halogenated alkanes) is 2. The molecule has 2 aliphatic rings. The lowest BCUT2D eigenvalue weighted by molar-refractivity contribution is -0.143. The van der Waals surface area contributed by atoms with E-state index in [9.17, 15) is 14.9 Å². The summed E-state index contributed by atoms with van der Waals surface area (Å²) in [5.74, 6) is 0.513. The Hall–Kier alpha value is -3.07. The largest absolute Gasteiger partial charge is 0.490 e. The van der Waals surface area contributed by atoms with E-state index in [1.54, 1.807) is 13.0 Å². The first-order chi connectivity index (χ1) is 16.0. The first-order valence-corrected chi connectivity index (χ1v) is 12.1. The molecular formula is C27H34N2O4. The van der Waals surface area contributed by atoms with E-state index in [0.717, 1.165) is 56.9 Å². The van der Waals surface area contributed by atoms with Gasteiger partial charge in [0.05, 0.1) is 13.2 Å². The van der Waals surface area contributed by atoms with Gasteiger partial charge in [0.15, 0.2) is 11.5 Å². The minimum atomic E-state index is -0.463. The zero-order valence-corrected chi connectivity index (χ0v) is 20.0. The van der Waals surface area contributed by atoms with Gasteiger partial charge in [-0.2, -0.15) is 5.26 Å². The number of carbonyl (C=O) groups is 2. The molecule has 2 amide bonds. The Bertz CT molecular complexity index is 980. The summed E-state index contributed by atoms with van der Waals surface area (Å²) in [5.41, 5.74) is 1.62. The Morgan fingerprint density at radius 1 is 1.06 bits per heavy atom. The van der Waals surface area contributed by atoms with Crippen molar-refractivity contribution in [1.82, 2.24) is 4.90 Å². The van der Waals surface area contributed by atoms with Gasteiger partial charge in [0.1, 0.15) is 11.6 Å². The van der Waals surface area contributed by atoms with Crippen LogP contribution in [0.4, 0.5) is 0 Å². The lowest BCUT2D eigenvalue weighted by Gasteiger charge is -2.36. The zero-order valence-electron chi connectivity index (χ0n) is 20.0. The highest BCUT2D eigenvalue weighted by atomic mass is 16.5. The molecule has 0 N–H and O–H groups in total. The molecule has 0 aromatic heterocycles. The second-order valence-electron chi connectivity index (χ2n) is 8.64. The van der Waals surface area contributed by atoms with Crippen molar-refractivity contribution in [3.8, 4) is 17.6 Å². The van der Waals surface area contributed by atoms with Crippen molar-refractivity contribution in [2.75, 3.05) is 13.2 Å². The average molecular weight is 451 g/mol. The maximum atomic E-state index is 13.4. The third-order valence-corrected chi connectivity index (χ3v) is 6.30. The van der Waals surface area contributed by atoms with Crippen LogP contribution in [0, 0.1) is 11.3 Å². The van der Waals surface area contributed by atoms with E-state index in [-0.39, 0.29) is 17.5 Å². The van der Waals surface area contributed by atoms with Gasteiger partial charge in [0.25, 0.3) is 11.8 Å². The first kappa shape index (κ1) is 24.6. The number of nitriles is 1. The third kappa shape index (κ3) is 5.65. The standard InChI is InChI=1S/C27H34N2O4/c1-4-6-10-15-33-24-14-13-20(17-25(24)32-5-2)16-22-19(3)23(18-28)27(31)29(26(22)30)21-11-8-7-9-12-21/h13-14,16-17,21H,4-12,15H2,1-3H3/b22-16+. The van der Waals surface area contributed by atoms with Gasteiger partial charge in [-0.1, -0.05) is 45.1 Å². The molecule has 1 aliphatic heterocycles. The number of hydrogen-bond acceptors (Lipinski definition) is 5. The number of benzene rings is 1. The highest BCUT2D eigenvalue weighted by Gasteiger charge is 2.39. The SMILES string of the molecule is CCCCCOc1ccc(/C=C2/C(=O)N(C3CCCCC3)C(=O)C(C#N)=C2C)cc1OCC. The van der Waals surface area contributed by atoms with Gasteiger partial charge >= 0.3 is 0 Å². The maximum Gasteiger partial charge on any atom is 0.271 e. The quantitative estimate of drug-likeness (QED) is 0.279. The van der Waals surface area contributed by atoms with Crippen molar-refractivity contribution >= 4 is 17.9 Å². The van der Waals surface area contributed by atoms with Gasteiger partial charge in [-0.3, -0.25) is 14.5 Å². The fraction of sp³-hybridized carbons (Fsp3) is 0.519. The molecule has 6 nitrogen and oxygen atoms in total. The Kier molecular flexibility index (Phi) is 8.71. The van der Waals surface area contributed by atoms with Crippen molar-refractivity contribution in [1.29, 1.82) is 5.26 Å². The number of carbonyl (C=O) groups excluding carboxylic acids is 2. The summed E-state index contributed by atoms with van der Waals surface area (Å²) < 4.78 is 11.7. The number of rotatable bonds is 9. The smallest absolute Gasteiger partial charge is 0.271 e. The lowest BCUT2D eigenvalue weighted by atomic mass is 9.88. The molecule has 1 aliphatic carbocycles. The van der Waals surface area contributed by atoms with Crippen LogP contribution >= 0.6 is 0 Å². The van der Waals surface area contributed by atoms with Crippen LogP contribution in [0.25, 0.3) is 6.08 Å². The summed E-state index contributed by atoms with van der Waals surface area (Å²) >= 11 is 0. The van der Waals surface area contributed by atoms with Crippen LogP contribution in [-0.4, -0.2) is 36.0 Å². The van der Waals surface area contributed by atoms with Crippen LogP contribution in [0.2, 0.25) is 0 Å². The van der Waals surface area contributed by atoms with Gasteiger partial charge in [-0.25, -0.2) is 0 Å². The minimum Gasteiger partial charge on any atom is -0.490 e. The second kappa shape index (κ2) is 11.7.